The first-order valence-corrected chi connectivity index (χ1v) is 7.82. The van der Waals surface area contributed by atoms with E-state index < -0.39 is 17.8 Å². The van der Waals surface area contributed by atoms with Crippen LogP contribution in [0.3, 0.4) is 0 Å². The molecule has 0 aliphatic heterocycles. The molecular weight excluding hydrogens is 381 g/mol. The maximum absolute atomic E-state index is 13.1. The molecule has 0 unspecified atom stereocenters. The third-order valence-electron chi connectivity index (χ3n) is 3.64. The molecule has 0 spiro atoms. The number of aromatic nitrogens is 8. The lowest BCUT2D eigenvalue weighted by Crippen LogP contribution is -2.26. The zero-order valence-corrected chi connectivity index (χ0v) is 15.0. The van der Waals surface area contributed by atoms with Crippen LogP contribution in [0.25, 0.3) is 0 Å². The van der Waals surface area contributed by atoms with E-state index in [1.807, 2.05) is 0 Å². The number of alkyl halides is 3. The lowest BCUT2D eigenvalue weighted by molar-refractivity contribution is -0.141. The molecule has 14 heteroatoms. The standard InChI is InChI=1S/C14H15F3N10O/c1-25(6-10-18-7-26(2)22-10)11-8(4-5-9(19-11)14(15,16)17)12(28)20-13-21-23-24-27(13)3/h4-5,7H,6H2,1-3H3,(H,20,21,24,28). The minimum atomic E-state index is -4.67. The van der Waals surface area contributed by atoms with Crippen LogP contribution < -0.4 is 10.2 Å². The van der Waals surface area contributed by atoms with E-state index in [1.165, 1.54) is 34.7 Å². The number of anilines is 2. The van der Waals surface area contributed by atoms with Crippen molar-refractivity contribution < 1.29 is 18.0 Å². The van der Waals surface area contributed by atoms with E-state index >= 15 is 0 Å². The average Bonchev–Trinajstić information content (AvgIpc) is 3.21. The van der Waals surface area contributed by atoms with Crippen LogP contribution in [-0.4, -0.2) is 52.9 Å². The molecule has 1 N–H and O–H groups in total. The molecule has 3 aromatic heterocycles. The molecule has 0 aliphatic carbocycles. The van der Waals surface area contributed by atoms with E-state index in [1.54, 1.807) is 7.05 Å². The van der Waals surface area contributed by atoms with Gasteiger partial charge in [-0.15, -0.1) is 0 Å². The number of carbonyl (C=O) groups is 1. The van der Waals surface area contributed by atoms with E-state index in [4.69, 9.17) is 0 Å². The summed E-state index contributed by atoms with van der Waals surface area (Å²) in [6.45, 7) is 0.0426. The molecule has 0 bridgehead atoms. The first-order chi connectivity index (χ1) is 13.1. The van der Waals surface area contributed by atoms with Gasteiger partial charge in [0.1, 0.15) is 17.8 Å². The molecule has 0 atom stereocenters. The van der Waals surface area contributed by atoms with Crippen molar-refractivity contribution in [2.24, 2.45) is 14.1 Å². The highest BCUT2D eigenvalue weighted by atomic mass is 19.4. The predicted octanol–water partition coefficient (Wildman–Crippen LogP) is 0.641. The lowest BCUT2D eigenvalue weighted by Gasteiger charge is -2.21. The Kier molecular flexibility index (Phi) is 4.94. The number of halogens is 3. The summed E-state index contributed by atoms with van der Waals surface area (Å²) in [7, 11) is 4.65. The fourth-order valence-corrected chi connectivity index (χ4v) is 2.32. The van der Waals surface area contributed by atoms with Crippen molar-refractivity contribution in [2.75, 3.05) is 17.3 Å². The molecule has 3 rings (SSSR count). The number of nitrogens with zero attached hydrogens (tertiary/aromatic N) is 9. The minimum Gasteiger partial charge on any atom is -0.351 e. The first kappa shape index (κ1) is 19.2. The number of carbonyl (C=O) groups excluding carboxylic acids is 1. The van der Waals surface area contributed by atoms with Gasteiger partial charge < -0.3 is 4.90 Å². The van der Waals surface area contributed by atoms with Crippen molar-refractivity contribution in [1.82, 2.24) is 40.0 Å². The maximum atomic E-state index is 13.1. The number of nitrogens with one attached hydrogen (secondary N) is 1. The summed E-state index contributed by atoms with van der Waals surface area (Å²) < 4.78 is 42.0. The Morgan fingerprint density at radius 3 is 2.61 bits per heavy atom. The maximum Gasteiger partial charge on any atom is 0.433 e. The normalized spacial score (nSPS) is 11.5. The van der Waals surface area contributed by atoms with Crippen LogP contribution in [0.2, 0.25) is 0 Å². The summed E-state index contributed by atoms with van der Waals surface area (Å²) in [6.07, 6.45) is -3.21. The second-order valence-electron chi connectivity index (χ2n) is 5.84. The summed E-state index contributed by atoms with van der Waals surface area (Å²) in [6, 6.07) is 1.78. The largest absolute Gasteiger partial charge is 0.433 e. The van der Waals surface area contributed by atoms with Gasteiger partial charge in [-0.3, -0.25) is 14.8 Å². The molecule has 3 aromatic rings. The molecule has 0 aliphatic rings. The molecule has 28 heavy (non-hydrogen) atoms. The second kappa shape index (κ2) is 7.21. The van der Waals surface area contributed by atoms with Crippen LogP contribution in [0.4, 0.5) is 24.9 Å². The van der Waals surface area contributed by atoms with Gasteiger partial charge in [-0.05, 0) is 22.6 Å². The van der Waals surface area contributed by atoms with Crippen molar-refractivity contribution in [2.45, 2.75) is 12.7 Å². The highest BCUT2D eigenvalue weighted by Crippen LogP contribution is 2.31. The average molecular weight is 396 g/mol. The Morgan fingerprint density at radius 2 is 2.04 bits per heavy atom. The molecule has 0 saturated carbocycles. The molecule has 11 nitrogen and oxygen atoms in total. The molecule has 148 valence electrons. The van der Waals surface area contributed by atoms with E-state index in [-0.39, 0.29) is 23.9 Å². The van der Waals surface area contributed by atoms with Gasteiger partial charge in [0.25, 0.3) is 5.91 Å². The molecule has 0 fully saturated rings. The van der Waals surface area contributed by atoms with Crippen molar-refractivity contribution in [3.8, 4) is 0 Å². The van der Waals surface area contributed by atoms with Gasteiger partial charge in [0.2, 0.25) is 5.95 Å². The quantitative estimate of drug-likeness (QED) is 0.667. The fourth-order valence-electron chi connectivity index (χ4n) is 2.32. The van der Waals surface area contributed by atoms with E-state index in [0.29, 0.717) is 5.82 Å². The summed E-state index contributed by atoms with van der Waals surface area (Å²) in [4.78, 5) is 21.6. The van der Waals surface area contributed by atoms with Gasteiger partial charge in [0.05, 0.1) is 12.1 Å². The summed E-state index contributed by atoms with van der Waals surface area (Å²) in [5, 5.41) is 17.1. The fraction of sp³-hybridized carbons (Fsp3) is 0.357. The molecule has 0 saturated heterocycles. The number of aryl methyl sites for hydroxylation is 2. The summed E-state index contributed by atoms with van der Waals surface area (Å²) in [5.41, 5.74) is -1.21. The lowest BCUT2D eigenvalue weighted by atomic mass is 10.2. The van der Waals surface area contributed by atoms with Crippen molar-refractivity contribution in [1.29, 1.82) is 0 Å². The monoisotopic (exact) mass is 396 g/mol. The Balaban J connectivity index is 1.96. The van der Waals surface area contributed by atoms with Crippen LogP contribution in [0, 0.1) is 0 Å². The molecule has 1 amide bonds. The predicted molar refractivity (Wildman–Crippen MR) is 89.1 cm³/mol. The summed E-state index contributed by atoms with van der Waals surface area (Å²) in [5.74, 6) is -0.511. The van der Waals surface area contributed by atoms with Gasteiger partial charge in [-0.1, -0.05) is 5.10 Å². The zero-order chi connectivity index (χ0) is 20.5. The SMILES string of the molecule is CN(Cc1ncn(C)n1)c1nc(C(F)(F)F)ccc1C(=O)Nc1nnnn1C. The minimum absolute atomic E-state index is 0.0323. The number of hydrogen-bond donors (Lipinski definition) is 1. The van der Waals surface area contributed by atoms with Crippen LogP contribution in [0.1, 0.15) is 21.9 Å². The topological polar surface area (TPSA) is 120 Å². The van der Waals surface area contributed by atoms with Gasteiger partial charge >= 0.3 is 6.18 Å². The smallest absolute Gasteiger partial charge is 0.351 e. The molecule has 0 radical (unpaired) electrons. The number of rotatable bonds is 5. The highest BCUT2D eigenvalue weighted by Gasteiger charge is 2.34. The van der Waals surface area contributed by atoms with E-state index in [2.05, 4.69) is 35.9 Å². The van der Waals surface area contributed by atoms with Gasteiger partial charge in [0.15, 0.2) is 5.82 Å². The van der Waals surface area contributed by atoms with E-state index in [0.717, 1.165) is 12.1 Å². The van der Waals surface area contributed by atoms with Gasteiger partial charge in [-0.2, -0.15) is 18.3 Å². The van der Waals surface area contributed by atoms with Crippen molar-refractivity contribution in [3.63, 3.8) is 0 Å². The Hall–Kier alpha value is -3.58. The molecular formula is C14H15F3N10O. The van der Waals surface area contributed by atoms with Crippen molar-refractivity contribution in [3.05, 3.63) is 35.5 Å². The van der Waals surface area contributed by atoms with Crippen molar-refractivity contribution >= 4 is 17.7 Å². The third-order valence-corrected chi connectivity index (χ3v) is 3.64. The number of amides is 1. The first-order valence-electron chi connectivity index (χ1n) is 7.82. The Labute approximate surface area is 156 Å². The van der Waals surface area contributed by atoms with Gasteiger partial charge in [-0.25, -0.2) is 14.6 Å². The summed E-state index contributed by atoms with van der Waals surface area (Å²) >= 11 is 0. The zero-order valence-electron chi connectivity index (χ0n) is 15.0. The Bertz CT molecular complexity index is 995. The molecule has 3 heterocycles. The number of pyridine rings is 1. The second-order valence-corrected chi connectivity index (χ2v) is 5.84. The van der Waals surface area contributed by atoms with Crippen LogP contribution in [0.15, 0.2) is 18.5 Å². The van der Waals surface area contributed by atoms with Gasteiger partial charge in [0, 0.05) is 21.1 Å². The molecule has 0 aromatic carbocycles. The Morgan fingerprint density at radius 1 is 1.29 bits per heavy atom. The van der Waals surface area contributed by atoms with Crippen LogP contribution in [0.5, 0.6) is 0 Å². The highest BCUT2D eigenvalue weighted by molar-refractivity contribution is 6.06. The van der Waals surface area contributed by atoms with Crippen LogP contribution in [-0.2, 0) is 26.8 Å². The number of hydrogen-bond acceptors (Lipinski definition) is 8. The number of tetrazole rings is 1. The third kappa shape index (κ3) is 4.05. The van der Waals surface area contributed by atoms with E-state index in [9.17, 15) is 18.0 Å². The van der Waals surface area contributed by atoms with Crippen LogP contribution >= 0.6 is 0 Å².